The van der Waals surface area contributed by atoms with Crippen LogP contribution in [0.5, 0.6) is 5.75 Å². The van der Waals surface area contributed by atoms with Gasteiger partial charge in [-0.3, -0.25) is 14.9 Å². The van der Waals surface area contributed by atoms with E-state index in [9.17, 15) is 4.79 Å². The number of pyridine rings is 1. The number of rotatable bonds is 5. The number of carbonyl (C=O) groups is 1. The third-order valence-electron chi connectivity index (χ3n) is 2.95. The third-order valence-corrected chi connectivity index (χ3v) is 2.95. The van der Waals surface area contributed by atoms with Crippen LogP contribution in [-0.2, 0) is 4.79 Å². The van der Waals surface area contributed by atoms with Crippen molar-refractivity contribution in [3.8, 4) is 17.0 Å². The van der Waals surface area contributed by atoms with Crippen LogP contribution in [0.1, 0.15) is 0 Å². The largest absolute Gasteiger partial charge is 0.484 e. The Bertz CT molecular complexity index is 741. The summed E-state index contributed by atoms with van der Waals surface area (Å²) < 4.78 is 5.37. The minimum absolute atomic E-state index is 0.0680. The summed E-state index contributed by atoms with van der Waals surface area (Å²) in [6.07, 6.45) is 3.39. The Labute approximate surface area is 127 Å². The molecule has 2 heterocycles. The van der Waals surface area contributed by atoms with Gasteiger partial charge in [0, 0.05) is 24.0 Å². The first kappa shape index (κ1) is 13.8. The molecule has 0 unspecified atom stereocenters. The van der Waals surface area contributed by atoms with Crippen molar-refractivity contribution in [3.05, 3.63) is 60.9 Å². The zero-order valence-electron chi connectivity index (χ0n) is 11.7. The van der Waals surface area contributed by atoms with Gasteiger partial charge >= 0.3 is 0 Å². The Kier molecular flexibility index (Phi) is 4.10. The zero-order chi connectivity index (χ0) is 15.2. The molecule has 2 aromatic heterocycles. The minimum atomic E-state index is -0.267. The fourth-order valence-electron chi connectivity index (χ4n) is 1.91. The van der Waals surface area contributed by atoms with Crippen molar-refractivity contribution in [1.82, 2.24) is 15.2 Å². The lowest BCUT2D eigenvalue weighted by Gasteiger charge is -2.05. The fraction of sp³-hybridized carbons (Fsp3) is 0.0625. The second-order valence-corrected chi connectivity index (χ2v) is 4.55. The number of anilines is 1. The SMILES string of the molecule is O=C(COc1ccccc1)Nc1cc(-c2ccncc2)[nH]n1. The smallest absolute Gasteiger partial charge is 0.263 e. The monoisotopic (exact) mass is 294 g/mol. The van der Waals surface area contributed by atoms with Crippen LogP contribution < -0.4 is 10.1 Å². The molecule has 0 aliphatic carbocycles. The molecule has 0 aliphatic rings. The Morgan fingerprint density at radius 3 is 2.68 bits per heavy atom. The molecular formula is C16H14N4O2. The molecule has 1 amide bonds. The molecule has 2 N–H and O–H groups in total. The normalized spacial score (nSPS) is 10.2. The van der Waals surface area contributed by atoms with Gasteiger partial charge in [-0.1, -0.05) is 18.2 Å². The lowest BCUT2D eigenvalue weighted by atomic mass is 10.2. The van der Waals surface area contributed by atoms with E-state index in [0.29, 0.717) is 11.6 Å². The maximum atomic E-state index is 11.8. The quantitative estimate of drug-likeness (QED) is 0.757. The number of H-pyrrole nitrogens is 1. The van der Waals surface area contributed by atoms with Crippen molar-refractivity contribution in [2.75, 3.05) is 11.9 Å². The lowest BCUT2D eigenvalue weighted by Crippen LogP contribution is -2.20. The molecule has 110 valence electrons. The number of aromatic nitrogens is 3. The summed E-state index contributed by atoms with van der Waals surface area (Å²) in [5, 5.41) is 9.60. The van der Waals surface area contributed by atoms with Crippen LogP contribution in [0.15, 0.2) is 60.9 Å². The van der Waals surface area contributed by atoms with Gasteiger partial charge in [-0.25, -0.2) is 0 Å². The van der Waals surface area contributed by atoms with E-state index in [0.717, 1.165) is 11.3 Å². The van der Waals surface area contributed by atoms with Crippen molar-refractivity contribution in [3.63, 3.8) is 0 Å². The van der Waals surface area contributed by atoms with Crippen LogP contribution in [0.25, 0.3) is 11.3 Å². The molecule has 3 rings (SSSR count). The maximum absolute atomic E-state index is 11.8. The molecule has 6 heteroatoms. The Hall–Kier alpha value is -3.15. The number of amides is 1. The summed E-state index contributed by atoms with van der Waals surface area (Å²) in [6.45, 7) is -0.0680. The number of carbonyl (C=O) groups excluding carboxylic acids is 1. The number of nitrogens with zero attached hydrogens (tertiary/aromatic N) is 2. The maximum Gasteiger partial charge on any atom is 0.263 e. The molecule has 22 heavy (non-hydrogen) atoms. The van der Waals surface area contributed by atoms with Gasteiger partial charge in [0.25, 0.3) is 5.91 Å². The van der Waals surface area contributed by atoms with Crippen molar-refractivity contribution in [2.45, 2.75) is 0 Å². The van der Waals surface area contributed by atoms with Crippen molar-refractivity contribution < 1.29 is 9.53 Å². The Morgan fingerprint density at radius 2 is 1.91 bits per heavy atom. The van der Waals surface area contributed by atoms with E-state index >= 15 is 0 Å². The van der Waals surface area contributed by atoms with Crippen molar-refractivity contribution >= 4 is 11.7 Å². The summed E-state index contributed by atoms with van der Waals surface area (Å²) in [5.41, 5.74) is 1.75. The van der Waals surface area contributed by atoms with Crippen LogP contribution in [0.2, 0.25) is 0 Å². The predicted octanol–water partition coefficient (Wildman–Crippen LogP) is 2.49. The molecule has 0 spiro atoms. The number of nitrogens with one attached hydrogen (secondary N) is 2. The first-order valence-corrected chi connectivity index (χ1v) is 6.75. The van der Waals surface area contributed by atoms with Gasteiger partial charge in [0.1, 0.15) is 5.75 Å². The molecule has 0 saturated heterocycles. The standard InChI is InChI=1S/C16H14N4O2/c21-16(11-22-13-4-2-1-3-5-13)18-15-10-14(19-20-15)12-6-8-17-9-7-12/h1-10H,11H2,(H2,18,19,20,21). The number of para-hydroxylation sites is 1. The van der Waals surface area contributed by atoms with Crippen molar-refractivity contribution in [2.24, 2.45) is 0 Å². The van der Waals surface area contributed by atoms with Gasteiger partial charge in [0.2, 0.25) is 0 Å². The Morgan fingerprint density at radius 1 is 1.14 bits per heavy atom. The highest BCUT2D eigenvalue weighted by Crippen LogP contribution is 2.18. The molecular weight excluding hydrogens is 280 g/mol. The number of hydrogen-bond donors (Lipinski definition) is 2. The number of ether oxygens (including phenoxy) is 1. The summed E-state index contributed by atoms with van der Waals surface area (Å²) in [7, 11) is 0. The summed E-state index contributed by atoms with van der Waals surface area (Å²) in [4.78, 5) is 15.8. The lowest BCUT2D eigenvalue weighted by molar-refractivity contribution is -0.118. The fourth-order valence-corrected chi connectivity index (χ4v) is 1.91. The minimum Gasteiger partial charge on any atom is -0.484 e. The summed E-state index contributed by atoms with van der Waals surface area (Å²) in [5.74, 6) is 0.835. The van der Waals surface area contributed by atoms with E-state index in [1.807, 2.05) is 30.3 Å². The third kappa shape index (κ3) is 3.49. The molecule has 1 aromatic carbocycles. The second kappa shape index (κ2) is 6.53. The molecule has 0 atom stereocenters. The molecule has 0 bridgehead atoms. The van der Waals surface area contributed by atoms with Crippen LogP contribution in [0, 0.1) is 0 Å². The Balaban J connectivity index is 1.57. The van der Waals surface area contributed by atoms with Gasteiger partial charge in [0.05, 0.1) is 5.69 Å². The van der Waals surface area contributed by atoms with E-state index in [1.165, 1.54) is 0 Å². The van der Waals surface area contributed by atoms with Crippen LogP contribution >= 0.6 is 0 Å². The summed E-state index contributed by atoms with van der Waals surface area (Å²) >= 11 is 0. The van der Waals surface area contributed by atoms with Gasteiger partial charge in [-0.15, -0.1) is 0 Å². The summed E-state index contributed by atoms with van der Waals surface area (Å²) in [6, 6.07) is 14.7. The van der Waals surface area contributed by atoms with Crippen LogP contribution in [0.3, 0.4) is 0 Å². The van der Waals surface area contributed by atoms with E-state index < -0.39 is 0 Å². The average Bonchev–Trinajstić information content (AvgIpc) is 3.03. The number of aromatic amines is 1. The topological polar surface area (TPSA) is 79.9 Å². The highest BCUT2D eigenvalue weighted by molar-refractivity contribution is 5.91. The molecule has 0 aliphatic heterocycles. The average molecular weight is 294 g/mol. The van der Waals surface area contributed by atoms with Gasteiger partial charge in [-0.05, 0) is 24.3 Å². The molecule has 0 fully saturated rings. The first-order valence-electron chi connectivity index (χ1n) is 6.75. The van der Waals surface area contributed by atoms with E-state index in [4.69, 9.17) is 4.74 Å². The van der Waals surface area contributed by atoms with E-state index in [-0.39, 0.29) is 12.5 Å². The van der Waals surface area contributed by atoms with Crippen molar-refractivity contribution in [1.29, 1.82) is 0 Å². The molecule has 6 nitrogen and oxygen atoms in total. The van der Waals surface area contributed by atoms with Gasteiger partial charge < -0.3 is 10.1 Å². The number of benzene rings is 1. The molecule has 0 saturated carbocycles. The van der Waals surface area contributed by atoms with Crippen LogP contribution in [-0.4, -0.2) is 27.7 Å². The van der Waals surface area contributed by atoms with Crippen LogP contribution in [0.4, 0.5) is 5.82 Å². The number of hydrogen-bond acceptors (Lipinski definition) is 4. The van der Waals surface area contributed by atoms with E-state index in [2.05, 4.69) is 20.5 Å². The molecule has 0 radical (unpaired) electrons. The predicted molar refractivity (Wildman–Crippen MR) is 82.4 cm³/mol. The van der Waals surface area contributed by atoms with Gasteiger partial charge in [0.15, 0.2) is 12.4 Å². The zero-order valence-corrected chi connectivity index (χ0v) is 11.7. The highest BCUT2D eigenvalue weighted by Gasteiger charge is 2.08. The highest BCUT2D eigenvalue weighted by atomic mass is 16.5. The van der Waals surface area contributed by atoms with Gasteiger partial charge in [-0.2, -0.15) is 5.10 Å². The second-order valence-electron chi connectivity index (χ2n) is 4.55. The first-order chi connectivity index (χ1) is 10.8. The van der Waals surface area contributed by atoms with E-state index in [1.54, 1.807) is 30.6 Å². The molecule has 3 aromatic rings.